The van der Waals surface area contributed by atoms with Gasteiger partial charge in [0.2, 0.25) is 0 Å². The molecule has 3 nitrogen and oxygen atoms in total. The molecule has 1 aromatic carbocycles. The van der Waals surface area contributed by atoms with Crippen molar-refractivity contribution in [2.24, 2.45) is 0 Å². The molecule has 1 aliphatic rings. The van der Waals surface area contributed by atoms with Gasteiger partial charge in [-0.25, -0.2) is 0 Å². The second-order valence-corrected chi connectivity index (χ2v) is 7.40. The van der Waals surface area contributed by atoms with E-state index < -0.39 is 0 Å². The molecule has 7 heteroatoms. The number of nitrogens with zero attached hydrogens (tertiary/aromatic N) is 1. The molecular weight excluding hydrogens is 549 g/mol. The van der Waals surface area contributed by atoms with Crippen molar-refractivity contribution in [2.45, 2.75) is 18.9 Å². The van der Waals surface area contributed by atoms with Gasteiger partial charge in [-0.15, -0.1) is 31.4 Å². The van der Waals surface area contributed by atoms with E-state index in [4.69, 9.17) is 0 Å². The van der Waals surface area contributed by atoms with Gasteiger partial charge in [-0.1, -0.05) is 6.08 Å². The maximum Gasteiger partial charge on any atom is 0.133 e. The zero-order chi connectivity index (χ0) is 14.5. The van der Waals surface area contributed by atoms with Crippen LogP contribution in [0.2, 0.25) is 0 Å². The number of allylic oxidation sites excluding steroid dienone is 1. The Labute approximate surface area is 172 Å². The highest BCUT2D eigenvalue weighted by Crippen LogP contribution is 2.36. The molecule has 126 valence electrons. The minimum Gasteiger partial charge on any atom is -0.506 e. The number of halogens is 4. The van der Waals surface area contributed by atoms with Crippen LogP contribution in [0.4, 0.5) is 0 Å². The van der Waals surface area contributed by atoms with Crippen LogP contribution in [0.1, 0.15) is 24.4 Å². The average Bonchev–Trinajstić information content (AvgIpc) is 2.45. The molecule has 1 saturated heterocycles. The summed E-state index contributed by atoms with van der Waals surface area (Å²) in [5.74, 6) is 0.443. The van der Waals surface area contributed by atoms with Crippen LogP contribution in [0.25, 0.3) is 0 Å². The summed E-state index contributed by atoms with van der Waals surface area (Å²) in [5, 5.41) is 13.8. The smallest absolute Gasteiger partial charge is 0.133 e. The first-order valence-corrected chi connectivity index (χ1v) is 9.02. The predicted molar refractivity (Wildman–Crippen MR) is 115 cm³/mol. The Kier molecular flexibility index (Phi) is 11.7. The van der Waals surface area contributed by atoms with Crippen molar-refractivity contribution >= 4 is 70.0 Å². The summed E-state index contributed by atoms with van der Waals surface area (Å²) >= 11 is 4.53. The monoisotopic (exact) mass is 570 g/mol. The summed E-state index contributed by atoms with van der Waals surface area (Å²) in [6.07, 6.45) is 3.94. The number of piperazine rings is 1. The van der Waals surface area contributed by atoms with Crippen LogP contribution >= 0.6 is 70.0 Å². The van der Waals surface area contributed by atoms with Gasteiger partial charge in [0.1, 0.15) is 5.75 Å². The molecule has 0 spiro atoms. The Morgan fingerprint density at radius 2 is 1.91 bits per heavy atom. The molecule has 1 atom stereocenters. The van der Waals surface area contributed by atoms with E-state index in [9.17, 15) is 5.11 Å². The van der Waals surface area contributed by atoms with Crippen molar-refractivity contribution in [3.05, 3.63) is 37.5 Å². The van der Waals surface area contributed by atoms with Gasteiger partial charge >= 0.3 is 0 Å². The zero-order valence-electron chi connectivity index (χ0n) is 12.2. The second-order valence-electron chi connectivity index (χ2n) is 4.99. The lowest BCUT2D eigenvalue weighted by Gasteiger charge is -2.35. The molecule has 0 aliphatic carbocycles. The molecule has 22 heavy (non-hydrogen) atoms. The maximum absolute atomic E-state index is 10.4. The Morgan fingerprint density at radius 3 is 2.50 bits per heavy atom. The molecule has 0 radical (unpaired) electrons. The number of hydrogen-bond acceptors (Lipinski definition) is 3. The van der Waals surface area contributed by atoms with E-state index in [1.165, 1.54) is 3.57 Å². The lowest BCUT2D eigenvalue weighted by molar-refractivity contribution is 0.163. The molecule has 1 aromatic rings. The number of rotatable bonds is 5. The Balaban J connectivity index is 0.00000220. The summed E-state index contributed by atoms with van der Waals surface area (Å²) in [7, 11) is 0. The topological polar surface area (TPSA) is 35.5 Å². The summed E-state index contributed by atoms with van der Waals surface area (Å²) < 4.78 is 2.11. The highest BCUT2D eigenvalue weighted by atomic mass is 127. The summed E-state index contributed by atoms with van der Waals surface area (Å²) in [5.41, 5.74) is 1.06. The molecule has 2 N–H and O–H groups in total. The van der Waals surface area contributed by atoms with Crippen molar-refractivity contribution in [3.63, 3.8) is 0 Å². The standard InChI is InChI=1S/C15H20I2N2O.2ClH/c1-2-3-4-14(19-7-5-18-6-8-19)12-9-11(16)10-13(17)15(12)20;;/h2,9-10,14,18,20H,1,3-8H2;2*1H/t14-;;/m1../s1. The molecule has 2 rings (SSSR count). The van der Waals surface area contributed by atoms with Crippen LogP contribution in [0.15, 0.2) is 24.8 Å². The molecule has 1 fully saturated rings. The lowest BCUT2D eigenvalue weighted by Crippen LogP contribution is -2.45. The molecule has 1 heterocycles. The average molecular weight is 571 g/mol. The van der Waals surface area contributed by atoms with Gasteiger partial charge in [-0.2, -0.15) is 0 Å². The molecule has 0 unspecified atom stereocenters. The van der Waals surface area contributed by atoms with E-state index in [1.807, 2.05) is 12.1 Å². The first-order chi connectivity index (χ1) is 9.63. The van der Waals surface area contributed by atoms with Gasteiger partial charge in [-0.05, 0) is 70.2 Å². The van der Waals surface area contributed by atoms with E-state index >= 15 is 0 Å². The third kappa shape index (κ3) is 5.98. The van der Waals surface area contributed by atoms with E-state index in [2.05, 4.69) is 68.0 Å². The van der Waals surface area contributed by atoms with Gasteiger partial charge in [0.25, 0.3) is 0 Å². The number of phenolic OH excluding ortho intramolecular Hbond substituents is 1. The molecule has 0 aromatic heterocycles. The van der Waals surface area contributed by atoms with Crippen molar-refractivity contribution in [2.75, 3.05) is 26.2 Å². The second kappa shape index (κ2) is 11.3. The van der Waals surface area contributed by atoms with Crippen LogP contribution in [-0.4, -0.2) is 36.2 Å². The summed E-state index contributed by atoms with van der Waals surface area (Å²) in [6.45, 7) is 7.94. The zero-order valence-corrected chi connectivity index (χ0v) is 18.2. The highest BCUT2D eigenvalue weighted by Gasteiger charge is 2.25. The number of hydrogen-bond donors (Lipinski definition) is 2. The third-order valence-corrected chi connectivity index (χ3v) is 5.10. The first kappa shape index (κ1) is 22.7. The number of nitrogens with one attached hydrogen (secondary N) is 1. The summed E-state index contributed by atoms with van der Waals surface area (Å²) in [6, 6.07) is 4.41. The fourth-order valence-corrected chi connectivity index (χ4v) is 4.53. The molecule has 0 saturated carbocycles. The Morgan fingerprint density at radius 1 is 1.27 bits per heavy atom. The van der Waals surface area contributed by atoms with Crippen LogP contribution < -0.4 is 5.32 Å². The Bertz CT molecular complexity index is 483. The van der Waals surface area contributed by atoms with Crippen LogP contribution in [0.3, 0.4) is 0 Å². The lowest BCUT2D eigenvalue weighted by atomic mass is 9.98. The number of benzene rings is 1. The maximum atomic E-state index is 10.4. The highest BCUT2D eigenvalue weighted by molar-refractivity contribution is 14.1. The van der Waals surface area contributed by atoms with Crippen LogP contribution in [0, 0.1) is 7.14 Å². The molecule has 0 bridgehead atoms. The first-order valence-electron chi connectivity index (χ1n) is 6.87. The van der Waals surface area contributed by atoms with E-state index in [-0.39, 0.29) is 30.9 Å². The molecule has 0 amide bonds. The molecule has 1 aliphatic heterocycles. The van der Waals surface area contributed by atoms with Crippen LogP contribution in [0.5, 0.6) is 5.75 Å². The fraction of sp³-hybridized carbons (Fsp3) is 0.467. The van der Waals surface area contributed by atoms with E-state index in [0.717, 1.165) is 48.2 Å². The SMILES string of the molecule is C=CCC[C@H](c1cc(I)cc(I)c1O)N1CCNCC1.Cl.Cl. The predicted octanol–water partition coefficient (Wildman–Crippen LogP) is 4.36. The van der Waals surface area contributed by atoms with E-state index in [0.29, 0.717) is 5.75 Å². The van der Waals surface area contributed by atoms with Crippen molar-refractivity contribution < 1.29 is 5.11 Å². The van der Waals surface area contributed by atoms with E-state index in [1.54, 1.807) is 0 Å². The summed E-state index contributed by atoms with van der Waals surface area (Å²) in [4.78, 5) is 2.47. The van der Waals surface area contributed by atoms with Crippen molar-refractivity contribution in [1.29, 1.82) is 0 Å². The van der Waals surface area contributed by atoms with Gasteiger partial charge in [-0.3, -0.25) is 4.90 Å². The van der Waals surface area contributed by atoms with Gasteiger partial charge < -0.3 is 10.4 Å². The number of aromatic hydroxyl groups is 1. The minimum atomic E-state index is 0. The van der Waals surface area contributed by atoms with Crippen molar-refractivity contribution in [1.82, 2.24) is 10.2 Å². The van der Waals surface area contributed by atoms with Crippen LogP contribution in [-0.2, 0) is 0 Å². The van der Waals surface area contributed by atoms with Gasteiger partial charge in [0.05, 0.1) is 3.57 Å². The largest absolute Gasteiger partial charge is 0.506 e. The fourth-order valence-electron chi connectivity index (χ4n) is 2.64. The van der Waals surface area contributed by atoms with Gasteiger partial charge in [0, 0.05) is 41.4 Å². The number of phenols is 1. The Hall–Kier alpha value is 0.720. The third-order valence-electron chi connectivity index (χ3n) is 3.65. The normalized spacial score (nSPS) is 16.3. The minimum absolute atomic E-state index is 0. The quantitative estimate of drug-likeness (QED) is 0.408. The van der Waals surface area contributed by atoms with Crippen molar-refractivity contribution in [3.8, 4) is 5.75 Å². The molecular formula is C15H22Cl2I2N2O. The van der Waals surface area contributed by atoms with Gasteiger partial charge in [0.15, 0.2) is 0 Å².